The number of carbonyl (C=O) groups is 3. The summed E-state index contributed by atoms with van der Waals surface area (Å²) in [6.07, 6.45) is 15.0. The van der Waals surface area contributed by atoms with Crippen molar-refractivity contribution in [1.82, 2.24) is 4.90 Å². The largest absolute Gasteiger partial charge is 0.494 e. The Labute approximate surface area is 263 Å². The smallest absolute Gasteiger partial charge is 0.409 e. The number of piperidine rings is 1. The first kappa shape index (κ1) is 34.9. The van der Waals surface area contributed by atoms with Gasteiger partial charge in [-0.05, 0) is 74.2 Å². The molecule has 0 bridgehead atoms. The first-order valence-corrected chi connectivity index (χ1v) is 16.7. The highest BCUT2D eigenvalue weighted by Crippen LogP contribution is 2.24. The van der Waals surface area contributed by atoms with Gasteiger partial charge in [0.25, 0.3) is 0 Å². The molecule has 0 aliphatic carbocycles. The topological polar surface area (TPSA) is 91.4 Å². The molecule has 2 aromatic rings. The second-order valence-electron chi connectivity index (χ2n) is 11.6. The van der Waals surface area contributed by atoms with E-state index < -0.39 is 5.97 Å². The number of carbonyl (C=O) groups excluding carboxylic acids is 3. The number of esters is 2. The predicted octanol–water partition coefficient (Wildman–Crippen LogP) is 8.76. The van der Waals surface area contributed by atoms with E-state index in [0.717, 1.165) is 37.9 Å². The van der Waals surface area contributed by atoms with Crippen molar-refractivity contribution < 1.29 is 33.3 Å². The van der Waals surface area contributed by atoms with Gasteiger partial charge in [0, 0.05) is 13.1 Å². The normalized spacial score (nSPS) is 13.4. The molecule has 3 rings (SSSR count). The Balaban J connectivity index is 1.32. The second kappa shape index (κ2) is 20.4. The van der Waals surface area contributed by atoms with Crippen molar-refractivity contribution in [3.63, 3.8) is 0 Å². The lowest BCUT2D eigenvalue weighted by Crippen LogP contribution is -2.41. The van der Waals surface area contributed by atoms with Gasteiger partial charge in [0.05, 0.1) is 24.7 Å². The van der Waals surface area contributed by atoms with E-state index in [4.69, 9.17) is 18.9 Å². The number of ether oxygens (including phenoxy) is 4. The zero-order chi connectivity index (χ0) is 31.4. The van der Waals surface area contributed by atoms with E-state index in [2.05, 4.69) is 13.8 Å². The van der Waals surface area contributed by atoms with Crippen LogP contribution in [0.15, 0.2) is 48.5 Å². The van der Waals surface area contributed by atoms with Gasteiger partial charge in [-0.15, -0.1) is 0 Å². The van der Waals surface area contributed by atoms with Crippen molar-refractivity contribution in [3.05, 3.63) is 54.1 Å². The number of hydrogen-bond acceptors (Lipinski definition) is 7. The summed E-state index contributed by atoms with van der Waals surface area (Å²) < 4.78 is 22.2. The van der Waals surface area contributed by atoms with E-state index >= 15 is 0 Å². The molecule has 242 valence electrons. The van der Waals surface area contributed by atoms with Gasteiger partial charge in [-0.2, -0.15) is 0 Å². The summed E-state index contributed by atoms with van der Waals surface area (Å²) in [6, 6.07) is 13.4. The third kappa shape index (κ3) is 13.0. The molecule has 0 saturated carbocycles. The fraction of sp³-hybridized carbons (Fsp3) is 0.583. The van der Waals surface area contributed by atoms with Crippen LogP contribution >= 0.6 is 0 Å². The molecule has 0 radical (unpaired) electrons. The highest BCUT2D eigenvalue weighted by atomic mass is 16.6. The fourth-order valence-electron chi connectivity index (χ4n) is 5.13. The molecule has 0 spiro atoms. The molecule has 0 unspecified atom stereocenters. The monoisotopic (exact) mass is 609 g/mol. The van der Waals surface area contributed by atoms with Crippen molar-refractivity contribution in [1.29, 1.82) is 0 Å². The lowest BCUT2D eigenvalue weighted by Gasteiger charge is -2.30. The van der Waals surface area contributed by atoms with E-state index in [-0.39, 0.29) is 18.0 Å². The number of unbranched alkanes of at least 4 members (excludes halogenated alkanes) is 10. The average Bonchev–Trinajstić information content (AvgIpc) is 3.05. The van der Waals surface area contributed by atoms with Gasteiger partial charge < -0.3 is 23.8 Å². The van der Waals surface area contributed by atoms with Crippen LogP contribution in [0.1, 0.15) is 114 Å². The van der Waals surface area contributed by atoms with Crippen LogP contribution < -0.4 is 14.2 Å². The third-order valence-electron chi connectivity index (χ3n) is 7.92. The van der Waals surface area contributed by atoms with Crippen LogP contribution in [-0.2, 0) is 9.53 Å². The van der Waals surface area contributed by atoms with Gasteiger partial charge in [-0.3, -0.25) is 4.79 Å². The van der Waals surface area contributed by atoms with Gasteiger partial charge >= 0.3 is 18.0 Å². The SMILES string of the molecule is CCCCCCCCCCOc1ccc(C(=O)Oc2ccc(OC(=O)C3CCN(C(=O)OCCCCCC)CC3)cc2)cc1. The number of benzene rings is 2. The maximum absolute atomic E-state index is 12.7. The summed E-state index contributed by atoms with van der Waals surface area (Å²) in [5.74, 6) is 0.378. The number of nitrogens with zero attached hydrogens (tertiary/aromatic N) is 1. The van der Waals surface area contributed by atoms with Gasteiger partial charge in [-0.1, -0.05) is 78.1 Å². The van der Waals surface area contributed by atoms with Crippen molar-refractivity contribution in [2.24, 2.45) is 5.92 Å². The van der Waals surface area contributed by atoms with Crippen LogP contribution in [0.2, 0.25) is 0 Å². The molecule has 1 heterocycles. The second-order valence-corrected chi connectivity index (χ2v) is 11.6. The Kier molecular flexibility index (Phi) is 16.2. The standard InChI is InChI=1S/C36H51NO7/c1-3-5-7-9-10-11-12-14-27-41-31-17-15-29(16-18-31)34(38)43-32-19-21-33(22-20-32)44-35(39)30-23-25-37(26-24-30)36(40)42-28-13-8-6-4-2/h15-22,30H,3-14,23-28H2,1-2H3. The third-order valence-corrected chi connectivity index (χ3v) is 7.92. The Morgan fingerprint density at radius 2 is 1.14 bits per heavy atom. The highest BCUT2D eigenvalue weighted by molar-refractivity contribution is 5.91. The molecule has 8 heteroatoms. The van der Waals surface area contributed by atoms with Gasteiger partial charge in [0.2, 0.25) is 0 Å². The zero-order valence-electron chi connectivity index (χ0n) is 26.7. The molecule has 0 aromatic heterocycles. The number of rotatable bonds is 19. The first-order chi connectivity index (χ1) is 21.5. The van der Waals surface area contributed by atoms with Crippen molar-refractivity contribution in [2.75, 3.05) is 26.3 Å². The Hall–Kier alpha value is -3.55. The molecule has 1 fully saturated rings. The summed E-state index contributed by atoms with van der Waals surface area (Å²) in [5.41, 5.74) is 0.423. The van der Waals surface area contributed by atoms with Crippen LogP contribution in [0.5, 0.6) is 17.2 Å². The summed E-state index contributed by atoms with van der Waals surface area (Å²) >= 11 is 0. The molecule has 1 amide bonds. The molecule has 1 aliphatic heterocycles. The van der Waals surface area contributed by atoms with Crippen LogP contribution in [0.3, 0.4) is 0 Å². The predicted molar refractivity (Wildman–Crippen MR) is 171 cm³/mol. The molecule has 44 heavy (non-hydrogen) atoms. The van der Waals surface area contributed by atoms with Gasteiger partial charge in [0.1, 0.15) is 17.2 Å². The summed E-state index contributed by atoms with van der Waals surface area (Å²) in [7, 11) is 0. The average molecular weight is 610 g/mol. The number of likely N-dealkylation sites (tertiary alicyclic amines) is 1. The van der Waals surface area contributed by atoms with E-state index in [1.165, 1.54) is 44.9 Å². The number of amides is 1. The summed E-state index contributed by atoms with van der Waals surface area (Å²) in [4.78, 5) is 39.2. The van der Waals surface area contributed by atoms with E-state index in [1.54, 1.807) is 53.4 Å². The van der Waals surface area contributed by atoms with E-state index in [1.807, 2.05) is 0 Å². The van der Waals surface area contributed by atoms with Crippen LogP contribution in [0, 0.1) is 5.92 Å². The van der Waals surface area contributed by atoms with Crippen LogP contribution in [0.25, 0.3) is 0 Å². The highest BCUT2D eigenvalue weighted by Gasteiger charge is 2.29. The van der Waals surface area contributed by atoms with Crippen molar-refractivity contribution >= 4 is 18.0 Å². The number of hydrogen-bond donors (Lipinski definition) is 0. The Morgan fingerprint density at radius 3 is 1.75 bits per heavy atom. The molecular formula is C36H51NO7. The maximum Gasteiger partial charge on any atom is 0.409 e. The Bertz CT molecular complexity index is 1110. The molecule has 1 saturated heterocycles. The van der Waals surface area contributed by atoms with Gasteiger partial charge in [-0.25, -0.2) is 9.59 Å². The lowest BCUT2D eigenvalue weighted by atomic mass is 9.97. The molecule has 8 nitrogen and oxygen atoms in total. The molecular weight excluding hydrogens is 558 g/mol. The summed E-state index contributed by atoms with van der Waals surface area (Å²) in [6.45, 7) is 6.42. The molecule has 1 aliphatic rings. The van der Waals surface area contributed by atoms with E-state index in [9.17, 15) is 14.4 Å². The minimum absolute atomic E-state index is 0.284. The van der Waals surface area contributed by atoms with Crippen LogP contribution in [0.4, 0.5) is 4.79 Å². The molecule has 0 N–H and O–H groups in total. The minimum atomic E-state index is -0.476. The minimum Gasteiger partial charge on any atom is -0.494 e. The first-order valence-electron chi connectivity index (χ1n) is 16.7. The van der Waals surface area contributed by atoms with Crippen LogP contribution in [-0.4, -0.2) is 49.2 Å². The van der Waals surface area contributed by atoms with Crippen molar-refractivity contribution in [2.45, 2.75) is 104 Å². The maximum atomic E-state index is 12.7. The molecule has 2 aromatic carbocycles. The van der Waals surface area contributed by atoms with E-state index in [0.29, 0.717) is 56.2 Å². The Morgan fingerprint density at radius 1 is 0.636 bits per heavy atom. The van der Waals surface area contributed by atoms with Gasteiger partial charge in [0.15, 0.2) is 0 Å². The quantitative estimate of drug-likeness (QED) is 0.0893. The van der Waals surface area contributed by atoms with Crippen molar-refractivity contribution in [3.8, 4) is 17.2 Å². The zero-order valence-corrected chi connectivity index (χ0v) is 26.7. The fourth-order valence-corrected chi connectivity index (χ4v) is 5.13. The lowest BCUT2D eigenvalue weighted by molar-refractivity contribution is -0.140. The summed E-state index contributed by atoms with van der Waals surface area (Å²) in [5, 5.41) is 0. The molecule has 0 atom stereocenters.